The van der Waals surface area contributed by atoms with Crippen LogP contribution in [-0.4, -0.2) is 27.8 Å². The molecule has 0 saturated heterocycles. The van der Waals surface area contributed by atoms with Gasteiger partial charge < -0.3 is 0 Å². The van der Waals surface area contributed by atoms with E-state index in [9.17, 15) is 22.8 Å². The Bertz CT molecular complexity index is 1260. The van der Waals surface area contributed by atoms with Crippen LogP contribution in [0.25, 0.3) is 21.5 Å². The normalized spacial score (nSPS) is 11.6. The summed E-state index contributed by atoms with van der Waals surface area (Å²) < 4.78 is 39.0. The summed E-state index contributed by atoms with van der Waals surface area (Å²) in [4.78, 5) is 32.8. The first kappa shape index (κ1) is 20.2. The summed E-state index contributed by atoms with van der Waals surface area (Å²) in [6.45, 7) is 1.83. The molecule has 10 heteroatoms. The monoisotopic (exact) mass is 447 g/mol. The van der Waals surface area contributed by atoms with Gasteiger partial charge in [-0.05, 0) is 36.6 Å². The summed E-state index contributed by atoms with van der Waals surface area (Å²) in [5.41, 5.74) is 1.59. The van der Waals surface area contributed by atoms with Crippen molar-refractivity contribution in [3.8, 4) is 10.6 Å². The van der Waals surface area contributed by atoms with E-state index in [4.69, 9.17) is 0 Å². The molecule has 1 N–H and O–H groups in total. The van der Waals surface area contributed by atoms with Gasteiger partial charge in [-0.25, -0.2) is 4.98 Å². The highest BCUT2D eigenvalue weighted by atomic mass is 32.1. The molecule has 0 fully saturated rings. The van der Waals surface area contributed by atoms with Gasteiger partial charge in [0.25, 0.3) is 11.7 Å². The lowest BCUT2D eigenvalue weighted by molar-refractivity contribution is -0.0882. The van der Waals surface area contributed by atoms with Crippen molar-refractivity contribution in [3.63, 3.8) is 0 Å². The summed E-state index contributed by atoms with van der Waals surface area (Å²) in [5.74, 6) is -2.55. The number of benzene rings is 1. The van der Waals surface area contributed by atoms with Crippen LogP contribution in [0.4, 0.5) is 18.3 Å². The number of carbonyl (C=O) groups excluding carboxylic acids is 2. The van der Waals surface area contributed by atoms with Gasteiger partial charge in [0.05, 0.1) is 10.4 Å². The molecule has 4 aromatic rings. The highest BCUT2D eigenvalue weighted by Crippen LogP contribution is 2.37. The number of nitrogens with one attached hydrogen (secondary N) is 1. The van der Waals surface area contributed by atoms with E-state index in [2.05, 4.69) is 15.3 Å². The van der Waals surface area contributed by atoms with E-state index in [0.717, 1.165) is 22.4 Å². The van der Waals surface area contributed by atoms with Gasteiger partial charge in [0.1, 0.15) is 10.6 Å². The number of nitrogens with zero attached hydrogens (tertiary/aromatic N) is 2. The van der Waals surface area contributed by atoms with Crippen molar-refractivity contribution >= 4 is 50.4 Å². The van der Waals surface area contributed by atoms with Crippen LogP contribution in [0.3, 0.4) is 0 Å². The molecule has 1 aromatic carbocycles. The van der Waals surface area contributed by atoms with Crippen LogP contribution in [0.2, 0.25) is 0 Å². The molecule has 0 aliphatic heterocycles. The van der Waals surface area contributed by atoms with Crippen molar-refractivity contribution in [1.82, 2.24) is 9.97 Å². The zero-order valence-corrected chi connectivity index (χ0v) is 16.9. The Morgan fingerprint density at radius 3 is 2.53 bits per heavy atom. The molecule has 0 aliphatic carbocycles. The second-order valence-electron chi connectivity index (χ2n) is 6.32. The summed E-state index contributed by atoms with van der Waals surface area (Å²) >= 11 is 1.65. The number of anilines is 1. The number of aromatic nitrogens is 2. The zero-order valence-electron chi connectivity index (χ0n) is 15.3. The van der Waals surface area contributed by atoms with Crippen LogP contribution >= 0.6 is 22.7 Å². The molecule has 0 bridgehead atoms. The molecule has 0 spiro atoms. The minimum atomic E-state index is -5.04. The molecule has 0 atom stereocenters. The number of aryl methyl sites for hydroxylation is 1. The summed E-state index contributed by atoms with van der Waals surface area (Å²) in [7, 11) is 0. The first-order valence-electron chi connectivity index (χ1n) is 8.57. The molecule has 3 aromatic heterocycles. The highest BCUT2D eigenvalue weighted by molar-refractivity contribution is 7.19. The third kappa shape index (κ3) is 3.96. The van der Waals surface area contributed by atoms with Crippen molar-refractivity contribution in [2.45, 2.75) is 13.1 Å². The van der Waals surface area contributed by atoms with E-state index in [-0.39, 0.29) is 16.4 Å². The lowest BCUT2D eigenvalue weighted by Gasteiger charge is -2.04. The number of pyridine rings is 1. The third-order valence-corrected chi connectivity index (χ3v) is 6.01. The maximum absolute atomic E-state index is 13.0. The number of hydrogen-bond acceptors (Lipinski definition) is 6. The van der Waals surface area contributed by atoms with Gasteiger partial charge in [0.15, 0.2) is 5.13 Å². The number of thiazole rings is 1. The van der Waals surface area contributed by atoms with E-state index < -0.39 is 22.7 Å². The summed E-state index contributed by atoms with van der Waals surface area (Å²) in [6, 6.07) is 11.8. The van der Waals surface area contributed by atoms with Gasteiger partial charge in [0, 0.05) is 16.6 Å². The predicted octanol–water partition coefficient (Wildman–Crippen LogP) is 5.73. The van der Waals surface area contributed by atoms with Crippen LogP contribution in [-0.2, 0) is 0 Å². The van der Waals surface area contributed by atoms with E-state index in [1.807, 2.05) is 19.1 Å². The number of fused-ring (bicyclic) bond motifs is 1. The second kappa shape index (κ2) is 7.62. The van der Waals surface area contributed by atoms with E-state index in [0.29, 0.717) is 21.7 Å². The Morgan fingerprint density at radius 2 is 1.83 bits per heavy atom. The maximum Gasteiger partial charge on any atom is 0.455 e. The van der Waals surface area contributed by atoms with Crippen molar-refractivity contribution in [2.75, 3.05) is 5.32 Å². The lowest BCUT2D eigenvalue weighted by Crippen LogP contribution is -2.22. The molecule has 4 rings (SSSR count). The van der Waals surface area contributed by atoms with Crippen molar-refractivity contribution in [1.29, 1.82) is 0 Å². The van der Waals surface area contributed by atoms with Crippen molar-refractivity contribution in [3.05, 3.63) is 64.0 Å². The maximum atomic E-state index is 13.0. The molecule has 0 unspecified atom stereocenters. The predicted molar refractivity (Wildman–Crippen MR) is 110 cm³/mol. The number of rotatable bonds is 4. The number of thiophene rings is 1. The van der Waals surface area contributed by atoms with Crippen LogP contribution in [0.5, 0.6) is 0 Å². The average Bonchev–Trinajstić information content (AvgIpc) is 3.35. The molecule has 30 heavy (non-hydrogen) atoms. The molecule has 0 aliphatic rings. The Hall–Kier alpha value is -3.11. The largest absolute Gasteiger partial charge is 0.455 e. The molecule has 0 radical (unpaired) electrons. The van der Waals surface area contributed by atoms with Crippen LogP contribution in [0.15, 0.2) is 47.8 Å². The van der Waals surface area contributed by atoms with E-state index in [1.165, 1.54) is 0 Å². The standard InChI is InChI=1S/C20H12F3N3O2S2/c1-10-4-5-11-6-7-12(9-13(11)24-10)18(28)26-19-25-15(14-3-2-8-29-14)16(30-19)17(27)20(21,22)23/h2-9H,1H3,(H,25,26,28). The van der Waals surface area contributed by atoms with Gasteiger partial charge in [-0.15, -0.1) is 11.3 Å². The number of amides is 1. The van der Waals surface area contributed by atoms with Gasteiger partial charge in [-0.3, -0.25) is 19.9 Å². The highest BCUT2D eigenvalue weighted by Gasteiger charge is 2.42. The second-order valence-corrected chi connectivity index (χ2v) is 8.26. The molecular weight excluding hydrogens is 435 g/mol. The zero-order chi connectivity index (χ0) is 21.5. The smallest absolute Gasteiger partial charge is 0.298 e. The van der Waals surface area contributed by atoms with Gasteiger partial charge in [-0.1, -0.05) is 29.5 Å². The molecule has 3 heterocycles. The molecule has 1 amide bonds. The molecule has 5 nitrogen and oxygen atoms in total. The number of Topliss-reactive ketones (excluding diaryl/α,β-unsaturated/α-hetero) is 1. The summed E-state index contributed by atoms with van der Waals surface area (Å²) in [5, 5.41) is 4.92. The average molecular weight is 447 g/mol. The molecular formula is C20H12F3N3O2S2. The Balaban J connectivity index is 1.68. The topological polar surface area (TPSA) is 72.0 Å². The fourth-order valence-electron chi connectivity index (χ4n) is 2.77. The van der Waals surface area contributed by atoms with Gasteiger partial charge >= 0.3 is 6.18 Å². The fourth-order valence-corrected chi connectivity index (χ4v) is 4.49. The quantitative estimate of drug-likeness (QED) is 0.406. The fraction of sp³-hybridized carbons (Fsp3) is 0.100. The van der Waals surface area contributed by atoms with Crippen LogP contribution in [0, 0.1) is 6.92 Å². The SMILES string of the molecule is Cc1ccc2ccc(C(=O)Nc3nc(-c4cccs4)c(C(=O)C(F)(F)F)s3)cc2n1. The van der Waals surface area contributed by atoms with Crippen LogP contribution < -0.4 is 5.32 Å². The number of ketones is 1. The van der Waals surface area contributed by atoms with Gasteiger partial charge in [0.2, 0.25) is 0 Å². The Morgan fingerprint density at radius 1 is 1.07 bits per heavy atom. The van der Waals surface area contributed by atoms with E-state index in [1.54, 1.807) is 35.7 Å². The number of carbonyl (C=O) groups is 2. The van der Waals surface area contributed by atoms with Crippen molar-refractivity contribution in [2.24, 2.45) is 0 Å². The first-order valence-corrected chi connectivity index (χ1v) is 10.3. The third-order valence-electron chi connectivity index (χ3n) is 4.16. The Labute approximate surface area is 176 Å². The Kier molecular flexibility index (Phi) is 5.12. The lowest BCUT2D eigenvalue weighted by atomic mass is 10.1. The number of alkyl halides is 3. The molecule has 152 valence electrons. The van der Waals surface area contributed by atoms with Crippen molar-refractivity contribution < 1.29 is 22.8 Å². The van der Waals surface area contributed by atoms with E-state index >= 15 is 0 Å². The minimum absolute atomic E-state index is 0.0895. The first-order chi connectivity index (χ1) is 14.2. The number of hydrogen-bond donors (Lipinski definition) is 1. The minimum Gasteiger partial charge on any atom is -0.298 e. The van der Waals surface area contributed by atoms with Gasteiger partial charge in [-0.2, -0.15) is 13.2 Å². The summed E-state index contributed by atoms with van der Waals surface area (Å²) in [6.07, 6.45) is -5.04. The number of halogens is 3. The molecule has 0 saturated carbocycles. The van der Waals surface area contributed by atoms with Crippen LogP contribution in [0.1, 0.15) is 25.7 Å².